The van der Waals surface area contributed by atoms with Crippen LogP contribution in [-0.4, -0.2) is 37.2 Å². The fourth-order valence-electron chi connectivity index (χ4n) is 9.01. The molecule has 0 aliphatic heterocycles. The van der Waals surface area contributed by atoms with E-state index >= 15 is 0 Å². The number of unbranched alkanes of at least 4 members (excludes halogenated alkanes) is 36. The van der Waals surface area contributed by atoms with Crippen molar-refractivity contribution in [3.8, 4) is 0 Å². The zero-order valence-corrected chi connectivity index (χ0v) is 47.9. The molecule has 6 nitrogen and oxygen atoms in total. The Hall–Kier alpha value is -2.89. The van der Waals surface area contributed by atoms with Gasteiger partial charge in [0.2, 0.25) is 0 Å². The average molecular weight is 1010 g/mol. The maximum Gasteiger partial charge on any atom is 0.306 e. The maximum atomic E-state index is 12.9. The van der Waals surface area contributed by atoms with E-state index in [1.165, 1.54) is 199 Å². The first kappa shape index (κ1) is 69.1. The van der Waals surface area contributed by atoms with Crippen LogP contribution < -0.4 is 0 Å². The van der Waals surface area contributed by atoms with E-state index in [2.05, 4.69) is 81.5 Å². The van der Waals surface area contributed by atoms with E-state index in [1.54, 1.807) is 0 Å². The number of allylic oxidation sites excluding steroid dienone is 10. The Labute approximate surface area is 447 Å². The van der Waals surface area contributed by atoms with Crippen LogP contribution in [0.4, 0.5) is 0 Å². The Morgan fingerprint density at radius 1 is 0.278 bits per heavy atom. The van der Waals surface area contributed by atoms with Crippen LogP contribution in [0.5, 0.6) is 0 Å². The molecule has 6 heteroatoms. The molecule has 0 spiro atoms. The lowest BCUT2D eigenvalue weighted by Crippen LogP contribution is -2.30. The third-order valence-electron chi connectivity index (χ3n) is 13.7. The predicted molar refractivity (Wildman–Crippen MR) is 312 cm³/mol. The Kier molecular flexibility index (Phi) is 58.2. The zero-order valence-electron chi connectivity index (χ0n) is 47.9. The molecule has 0 aromatic rings. The van der Waals surface area contributed by atoms with Crippen LogP contribution >= 0.6 is 0 Å². The highest BCUT2D eigenvalue weighted by Crippen LogP contribution is 2.16. The van der Waals surface area contributed by atoms with Crippen molar-refractivity contribution in [3.63, 3.8) is 0 Å². The minimum absolute atomic E-state index is 0.0754. The first-order valence-corrected chi connectivity index (χ1v) is 31.3. The summed E-state index contributed by atoms with van der Waals surface area (Å²) in [5, 5.41) is 0. The van der Waals surface area contributed by atoms with Crippen LogP contribution in [0.15, 0.2) is 60.8 Å². The topological polar surface area (TPSA) is 78.9 Å². The highest BCUT2D eigenvalue weighted by molar-refractivity contribution is 5.71. The van der Waals surface area contributed by atoms with E-state index in [0.29, 0.717) is 19.3 Å². The summed E-state index contributed by atoms with van der Waals surface area (Å²) in [6, 6.07) is 0. The third kappa shape index (κ3) is 58.0. The summed E-state index contributed by atoms with van der Waals surface area (Å²) < 4.78 is 16.9. The number of carbonyl (C=O) groups excluding carboxylic acids is 3. The number of hydrogen-bond acceptors (Lipinski definition) is 6. The highest BCUT2D eigenvalue weighted by atomic mass is 16.6. The Balaban J connectivity index is 4.32. The van der Waals surface area contributed by atoms with Crippen molar-refractivity contribution >= 4 is 17.9 Å². The van der Waals surface area contributed by atoms with Gasteiger partial charge >= 0.3 is 17.9 Å². The SMILES string of the molecule is CCCCC/C=C\C/C=C\CCCCCCCCCCCC(=O)OC(COC(=O)CCCCCCCCCC/C=C\C/C=C\C/C=C\CCCCCCC)COC(=O)CCCCCCCCCCCCCC. The monoisotopic (exact) mass is 1010 g/mol. The van der Waals surface area contributed by atoms with Crippen LogP contribution in [-0.2, 0) is 28.6 Å². The van der Waals surface area contributed by atoms with E-state index in [9.17, 15) is 14.4 Å². The van der Waals surface area contributed by atoms with Crippen LogP contribution in [0.25, 0.3) is 0 Å². The molecule has 0 saturated heterocycles. The predicted octanol–water partition coefficient (Wildman–Crippen LogP) is 21.2. The van der Waals surface area contributed by atoms with Crippen molar-refractivity contribution in [1.29, 1.82) is 0 Å². The fourth-order valence-corrected chi connectivity index (χ4v) is 9.01. The number of ether oxygens (including phenoxy) is 3. The molecule has 1 unspecified atom stereocenters. The second kappa shape index (κ2) is 60.7. The summed E-state index contributed by atoms with van der Waals surface area (Å²) in [7, 11) is 0. The fraction of sp³-hybridized carbons (Fsp3) is 0.803. The molecule has 0 aliphatic carbocycles. The van der Waals surface area contributed by atoms with Crippen molar-refractivity contribution in [2.24, 2.45) is 0 Å². The minimum Gasteiger partial charge on any atom is -0.462 e. The maximum absolute atomic E-state index is 12.9. The molecule has 0 fully saturated rings. The van der Waals surface area contributed by atoms with Crippen LogP contribution in [0, 0.1) is 0 Å². The van der Waals surface area contributed by atoms with Crippen molar-refractivity contribution in [2.45, 2.75) is 329 Å². The van der Waals surface area contributed by atoms with Gasteiger partial charge < -0.3 is 14.2 Å². The van der Waals surface area contributed by atoms with Gasteiger partial charge in [0, 0.05) is 19.3 Å². The molecule has 0 heterocycles. The molecule has 1 atom stereocenters. The Bertz CT molecular complexity index is 1290. The lowest BCUT2D eigenvalue weighted by atomic mass is 10.0. The highest BCUT2D eigenvalue weighted by Gasteiger charge is 2.19. The summed E-state index contributed by atoms with van der Waals surface area (Å²) in [6.45, 7) is 6.63. The lowest BCUT2D eigenvalue weighted by Gasteiger charge is -2.18. The summed E-state index contributed by atoms with van der Waals surface area (Å²) >= 11 is 0. The molecule has 72 heavy (non-hydrogen) atoms. The summed E-state index contributed by atoms with van der Waals surface area (Å²) in [4.78, 5) is 38.2. The van der Waals surface area contributed by atoms with Crippen LogP contribution in [0.3, 0.4) is 0 Å². The molecule has 418 valence electrons. The van der Waals surface area contributed by atoms with Crippen molar-refractivity contribution in [2.75, 3.05) is 13.2 Å². The molecule has 0 rings (SSSR count). The molecule has 0 bridgehead atoms. The van der Waals surface area contributed by atoms with Gasteiger partial charge in [0.1, 0.15) is 13.2 Å². The van der Waals surface area contributed by atoms with Gasteiger partial charge in [-0.05, 0) is 89.9 Å². The molecule has 0 aliphatic rings. The standard InChI is InChI=1S/C66H118O6/c1-4-7-10-13-16-19-22-25-27-29-31-32-33-34-36-37-39-41-44-47-50-53-56-59-65(68)71-62-63(61-70-64(67)58-55-52-49-46-43-24-21-18-15-12-9-6-3)72-66(69)60-57-54-51-48-45-42-40-38-35-30-28-26-23-20-17-14-11-8-5-2/h17,20,22,25-26,28-29,31,33-34,63H,4-16,18-19,21,23-24,27,30,32,35-62H2,1-3H3/b20-17-,25-22-,28-26-,31-29-,34-33-. The summed E-state index contributed by atoms with van der Waals surface area (Å²) in [5.41, 5.74) is 0. The normalized spacial score (nSPS) is 12.4. The summed E-state index contributed by atoms with van der Waals surface area (Å²) in [5.74, 6) is -0.872. The molecular weight excluding hydrogens is 889 g/mol. The smallest absolute Gasteiger partial charge is 0.306 e. The lowest BCUT2D eigenvalue weighted by molar-refractivity contribution is -0.167. The minimum atomic E-state index is -0.778. The molecule has 0 saturated carbocycles. The van der Waals surface area contributed by atoms with Crippen molar-refractivity contribution in [3.05, 3.63) is 60.8 Å². The van der Waals surface area contributed by atoms with Gasteiger partial charge in [0.15, 0.2) is 6.10 Å². The Morgan fingerprint density at radius 3 is 0.806 bits per heavy atom. The first-order valence-electron chi connectivity index (χ1n) is 31.3. The quantitative estimate of drug-likeness (QED) is 0.0261. The number of esters is 3. The molecule has 0 radical (unpaired) electrons. The largest absolute Gasteiger partial charge is 0.462 e. The van der Waals surface area contributed by atoms with Crippen LogP contribution in [0.2, 0.25) is 0 Å². The van der Waals surface area contributed by atoms with E-state index in [0.717, 1.165) is 83.5 Å². The molecule has 0 amide bonds. The van der Waals surface area contributed by atoms with E-state index in [4.69, 9.17) is 14.2 Å². The Morgan fingerprint density at radius 2 is 0.500 bits per heavy atom. The first-order chi connectivity index (χ1) is 35.5. The van der Waals surface area contributed by atoms with Crippen molar-refractivity contribution < 1.29 is 28.6 Å². The second-order valence-corrected chi connectivity index (χ2v) is 21.0. The van der Waals surface area contributed by atoms with Crippen molar-refractivity contribution in [1.82, 2.24) is 0 Å². The van der Waals surface area contributed by atoms with Crippen LogP contribution in [0.1, 0.15) is 323 Å². The molecule has 0 N–H and O–H groups in total. The van der Waals surface area contributed by atoms with Gasteiger partial charge in [-0.1, -0.05) is 274 Å². The number of carbonyl (C=O) groups is 3. The van der Waals surface area contributed by atoms with E-state index in [-0.39, 0.29) is 31.1 Å². The second-order valence-electron chi connectivity index (χ2n) is 21.0. The molecule has 0 aromatic carbocycles. The summed E-state index contributed by atoms with van der Waals surface area (Å²) in [6.07, 6.45) is 76.4. The van der Waals surface area contributed by atoms with E-state index in [1.807, 2.05) is 0 Å². The van der Waals surface area contributed by atoms with Gasteiger partial charge in [-0.25, -0.2) is 0 Å². The van der Waals surface area contributed by atoms with Gasteiger partial charge in [-0.15, -0.1) is 0 Å². The van der Waals surface area contributed by atoms with E-state index < -0.39 is 6.10 Å². The van der Waals surface area contributed by atoms with Gasteiger partial charge in [0.25, 0.3) is 0 Å². The third-order valence-corrected chi connectivity index (χ3v) is 13.7. The average Bonchev–Trinajstić information content (AvgIpc) is 3.38. The zero-order chi connectivity index (χ0) is 52.2. The number of hydrogen-bond donors (Lipinski definition) is 0. The van der Waals surface area contributed by atoms with Gasteiger partial charge in [-0.3, -0.25) is 14.4 Å². The molecule has 0 aromatic heterocycles. The van der Waals surface area contributed by atoms with Gasteiger partial charge in [-0.2, -0.15) is 0 Å². The van der Waals surface area contributed by atoms with Gasteiger partial charge in [0.05, 0.1) is 0 Å². The molecular formula is C66H118O6. The number of rotatable bonds is 57.